The fourth-order valence-corrected chi connectivity index (χ4v) is 7.60. The number of hydrogen-bond acceptors (Lipinski definition) is 8. The van der Waals surface area contributed by atoms with Crippen LogP contribution in [-0.4, -0.2) is 77.7 Å². The minimum Gasteiger partial charge on any atom is -0.452 e. The third-order valence-corrected chi connectivity index (χ3v) is 10.2. The van der Waals surface area contributed by atoms with Crippen LogP contribution in [-0.2, 0) is 26.2 Å². The molecule has 3 aromatic rings. The molecule has 3 rings (SSSR count). The Bertz CT molecular complexity index is 1560. The number of aliphatic hydroxyl groups excluding tert-OH is 2. The van der Waals surface area contributed by atoms with Gasteiger partial charge in [-0.15, -0.1) is 0 Å². The molecule has 0 heterocycles. The number of nitrogens with zero attached hydrogens (tertiary/aromatic N) is 2. The first-order valence-corrected chi connectivity index (χ1v) is 16.7. The standard InChI is InChI=1S/C34H43F2N3O7S/c1-22(2)39(47(44,45)30-16-14-24(20-40)15-17-30)29(21-41)13-5-8-23(3)38(34(43)46-4)33(42)32(37)31(25-9-6-11-27(35)18-25)26-10-7-12-28(36)19-26/h6-7,9-12,14-19,22-23,29,31-32,40-41H,5,8,13,20-21,37H2,1-4H3/t23-,29-,32?/m0/s1. The smallest absolute Gasteiger partial charge is 0.416 e. The van der Waals surface area contributed by atoms with Crippen LogP contribution in [0.4, 0.5) is 13.6 Å². The van der Waals surface area contributed by atoms with Crippen LogP contribution in [0.1, 0.15) is 62.6 Å². The summed E-state index contributed by atoms with van der Waals surface area (Å²) < 4.78 is 61.8. The average molecular weight is 676 g/mol. The second-order valence-corrected chi connectivity index (χ2v) is 13.5. The maximum Gasteiger partial charge on any atom is 0.416 e. The van der Waals surface area contributed by atoms with Crippen LogP contribution >= 0.6 is 0 Å². The fraction of sp³-hybridized carbons (Fsp3) is 0.412. The van der Waals surface area contributed by atoms with Crippen molar-refractivity contribution in [3.05, 3.63) is 101 Å². The predicted octanol–water partition coefficient (Wildman–Crippen LogP) is 4.53. The molecule has 3 atom stereocenters. The first-order chi connectivity index (χ1) is 22.3. The molecule has 3 aromatic carbocycles. The third kappa shape index (κ3) is 9.20. The Balaban J connectivity index is 1.83. The average Bonchev–Trinajstić information content (AvgIpc) is 3.04. The van der Waals surface area contributed by atoms with Gasteiger partial charge in [0.1, 0.15) is 11.6 Å². The summed E-state index contributed by atoms with van der Waals surface area (Å²) in [4.78, 5) is 27.7. The molecule has 4 N–H and O–H groups in total. The molecule has 13 heteroatoms. The van der Waals surface area contributed by atoms with Gasteiger partial charge in [-0.3, -0.25) is 4.79 Å². The lowest BCUT2D eigenvalue weighted by Gasteiger charge is -2.34. The Kier molecular flexibility index (Phi) is 13.5. The van der Waals surface area contributed by atoms with Gasteiger partial charge in [0.15, 0.2) is 0 Å². The minimum atomic E-state index is -4.03. The van der Waals surface area contributed by atoms with E-state index in [1.807, 2.05) is 0 Å². The van der Waals surface area contributed by atoms with Crippen molar-refractivity contribution >= 4 is 22.0 Å². The van der Waals surface area contributed by atoms with Crippen LogP contribution < -0.4 is 5.73 Å². The largest absolute Gasteiger partial charge is 0.452 e. The molecule has 2 amide bonds. The van der Waals surface area contributed by atoms with Gasteiger partial charge in [0, 0.05) is 24.0 Å². The molecule has 0 aliphatic heterocycles. The Morgan fingerprint density at radius 1 is 0.894 bits per heavy atom. The highest BCUT2D eigenvalue weighted by molar-refractivity contribution is 7.89. The van der Waals surface area contributed by atoms with Crippen molar-refractivity contribution in [1.82, 2.24) is 9.21 Å². The van der Waals surface area contributed by atoms with Crippen LogP contribution in [0, 0.1) is 11.6 Å². The quantitative estimate of drug-likeness (QED) is 0.213. The summed E-state index contributed by atoms with van der Waals surface area (Å²) in [5.41, 5.74) is 7.65. The summed E-state index contributed by atoms with van der Waals surface area (Å²) in [6.07, 6.45) is -0.294. The number of amides is 2. The number of imide groups is 1. The molecule has 0 radical (unpaired) electrons. The van der Waals surface area contributed by atoms with Crippen molar-refractivity contribution in [2.45, 2.75) is 81.6 Å². The van der Waals surface area contributed by atoms with Crippen molar-refractivity contribution in [3.8, 4) is 0 Å². The first-order valence-electron chi connectivity index (χ1n) is 15.3. The Hall–Kier alpha value is -3.75. The van der Waals surface area contributed by atoms with Crippen LogP contribution in [0.5, 0.6) is 0 Å². The van der Waals surface area contributed by atoms with Crippen LogP contribution in [0.3, 0.4) is 0 Å². The molecule has 10 nitrogen and oxygen atoms in total. The summed E-state index contributed by atoms with van der Waals surface area (Å²) in [6.45, 7) is 4.27. The van der Waals surface area contributed by atoms with Crippen molar-refractivity contribution in [2.24, 2.45) is 5.73 Å². The molecule has 256 valence electrons. The number of rotatable bonds is 15. The van der Waals surface area contributed by atoms with Gasteiger partial charge in [-0.25, -0.2) is 26.9 Å². The zero-order chi connectivity index (χ0) is 34.9. The lowest BCUT2D eigenvalue weighted by Crippen LogP contribution is -2.53. The van der Waals surface area contributed by atoms with Crippen LogP contribution in [0.2, 0.25) is 0 Å². The van der Waals surface area contributed by atoms with E-state index in [0.717, 1.165) is 12.0 Å². The van der Waals surface area contributed by atoms with E-state index in [4.69, 9.17) is 10.5 Å². The number of methoxy groups -OCH3 is 1. The van der Waals surface area contributed by atoms with E-state index in [9.17, 15) is 37.0 Å². The second kappa shape index (κ2) is 16.9. The number of ether oxygens (including phenoxy) is 1. The number of carbonyl (C=O) groups excluding carboxylic acids is 2. The lowest BCUT2D eigenvalue weighted by atomic mass is 9.84. The summed E-state index contributed by atoms with van der Waals surface area (Å²) in [7, 11) is -2.92. The van der Waals surface area contributed by atoms with E-state index in [1.54, 1.807) is 32.9 Å². The van der Waals surface area contributed by atoms with E-state index in [1.165, 1.54) is 65.0 Å². The molecular weight excluding hydrogens is 632 g/mol. The molecule has 0 aliphatic carbocycles. The molecule has 1 unspecified atom stereocenters. The van der Waals surface area contributed by atoms with E-state index >= 15 is 0 Å². The van der Waals surface area contributed by atoms with Gasteiger partial charge in [0.05, 0.1) is 31.3 Å². The highest BCUT2D eigenvalue weighted by Gasteiger charge is 2.38. The number of benzene rings is 3. The van der Waals surface area contributed by atoms with E-state index in [0.29, 0.717) is 23.1 Å². The third-order valence-electron chi connectivity index (χ3n) is 8.03. The molecule has 0 saturated heterocycles. The van der Waals surface area contributed by atoms with Gasteiger partial charge in [-0.1, -0.05) is 36.4 Å². The van der Waals surface area contributed by atoms with E-state index < -0.39 is 70.4 Å². The van der Waals surface area contributed by atoms with Crippen molar-refractivity contribution < 1.29 is 41.7 Å². The molecule has 0 aliphatic rings. The summed E-state index contributed by atoms with van der Waals surface area (Å²) in [5.74, 6) is -3.01. The van der Waals surface area contributed by atoms with Crippen LogP contribution in [0.15, 0.2) is 77.7 Å². The zero-order valence-electron chi connectivity index (χ0n) is 26.9. The predicted molar refractivity (Wildman–Crippen MR) is 173 cm³/mol. The Morgan fingerprint density at radius 2 is 1.45 bits per heavy atom. The van der Waals surface area contributed by atoms with Gasteiger partial charge in [-0.05, 0) is 93.1 Å². The monoisotopic (exact) mass is 675 g/mol. The summed E-state index contributed by atoms with van der Waals surface area (Å²) >= 11 is 0. The highest BCUT2D eigenvalue weighted by Crippen LogP contribution is 2.31. The zero-order valence-corrected chi connectivity index (χ0v) is 27.7. The van der Waals surface area contributed by atoms with Crippen molar-refractivity contribution in [2.75, 3.05) is 13.7 Å². The van der Waals surface area contributed by atoms with E-state index in [2.05, 4.69) is 0 Å². The summed E-state index contributed by atoms with van der Waals surface area (Å²) in [5, 5.41) is 19.6. The van der Waals surface area contributed by atoms with Gasteiger partial charge >= 0.3 is 6.09 Å². The highest BCUT2D eigenvalue weighted by atomic mass is 32.2. The number of aliphatic hydroxyl groups is 2. The lowest BCUT2D eigenvalue weighted by molar-refractivity contribution is -0.132. The second-order valence-electron chi connectivity index (χ2n) is 11.6. The molecular formula is C34H43F2N3O7S. The normalized spacial score (nSPS) is 13.9. The molecule has 0 aromatic heterocycles. The Morgan fingerprint density at radius 3 is 1.89 bits per heavy atom. The SMILES string of the molecule is COC(=O)N(C(=O)C(N)C(c1cccc(F)c1)c1cccc(F)c1)[C@@H](C)CCC[C@@H](CO)N(C(C)C)S(=O)(=O)c1ccc(CO)cc1. The number of sulfonamides is 1. The summed E-state index contributed by atoms with van der Waals surface area (Å²) in [6, 6.07) is 13.1. The number of hydrogen-bond donors (Lipinski definition) is 3. The number of halogens is 2. The van der Waals surface area contributed by atoms with Gasteiger partial charge in [0.25, 0.3) is 0 Å². The fourth-order valence-electron chi connectivity index (χ4n) is 5.76. The minimum absolute atomic E-state index is 0.0119. The van der Waals surface area contributed by atoms with Gasteiger partial charge < -0.3 is 20.7 Å². The van der Waals surface area contributed by atoms with Crippen molar-refractivity contribution in [3.63, 3.8) is 0 Å². The Labute approximate surface area is 274 Å². The van der Waals surface area contributed by atoms with Gasteiger partial charge in [-0.2, -0.15) is 4.31 Å². The van der Waals surface area contributed by atoms with E-state index in [-0.39, 0.29) is 24.3 Å². The molecule has 0 saturated carbocycles. The molecule has 0 spiro atoms. The molecule has 0 fully saturated rings. The molecule has 47 heavy (non-hydrogen) atoms. The van der Waals surface area contributed by atoms with Crippen LogP contribution in [0.25, 0.3) is 0 Å². The topological polar surface area (TPSA) is 150 Å². The first kappa shape index (κ1) is 37.7. The van der Waals surface area contributed by atoms with Crippen molar-refractivity contribution in [1.29, 1.82) is 0 Å². The maximum absolute atomic E-state index is 14.2. The van der Waals surface area contributed by atoms with Gasteiger partial charge in [0.2, 0.25) is 15.9 Å². The maximum atomic E-state index is 14.2. The molecule has 0 bridgehead atoms. The number of carbonyl (C=O) groups is 2. The number of nitrogens with two attached hydrogens (primary N) is 1.